The molecule has 1 unspecified atom stereocenters. The maximum absolute atomic E-state index is 11.4. The molecule has 0 aliphatic carbocycles. The molecule has 0 rings (SSSR count). The van der Waals surface area contributed by atoms with E-state index in [1.165, 1.54) is 0 Å². The van der Waals surface area contributed by atoms with E-state index in [4.69, 9.17) is 5.73 Å². The highest BCUT2D eigenvalue weighted by Gasteiger charge is 2.27. The highest BCUT2D eigenvalue weighted by atomic mass is 16.2. The van der Waals surface area contributed by atoms with Crippen LogP contribution in [-0.2, 0) is 9.59 Å². The van der Waals surface area contributed by atoms with Crippen molar-refractivity contribution in [2.75, 3.05) is 13.6 Å². The van der Waals surface area contributed by atoms with Crippen LogP contribution >= 0.6 is 0 Å². The molecule has 2 amide bonds. The maximum Gasteiger partial charge on any atom is 0.236 e. The standard InChI is InChI=1S/C10H21N3O2/c1-5-7(11)8(14)13-6-10(2,3)9(15)12-4/h7H,5-6,11H2,1-4H3,(H,12,15)(H,13,14). The second-order valence-corrected chi connectivity index (χ2v) is 4.20. The molecule has 0 fully saturated rings. The zero-order valence-corrected chi connectivity index (χ0v) is 9.89. The van der Waals surface area contributed by atoms with Gasteiger partial charge in [0.05, 0.1) is 11.5 Å². The Morgan fingerprint density at radius 3 is 2.33 bits per heavy atom. The van der Waals surface area contributed by atoms with Crippen LogP contribution in [0.25, 0.3) is 0 Å². The Balaban J connectivity index is 4.15. The minimum Gasteiger partial charge on any atom is -0.359 e. The average molecular weight is 215 g/mol. The van der Waals surface area contributed by atoms with Gasteiger partial charge in [-0.3, -0.25) is 9.59 Å². The molecule has 0 aliphatic rings. The molecule has 0 bridgehead atoms. The molecular weight excluding hydrogens is 194 g/mol. The molecule has 4 N–H and O–H groups in total. The van der Waals surface area contributed by atoms with Gasteiger partial charge in [0.15, 0.2) is 0 Å². The fourth-order valence-electron chi connectivity index (χ4n) is 1.04. The van der Waals surface area contributed by atoms with Gasteiger partial charge in [-0.05, 0) is 20.3 Å². The third-order valence-electron chi connectivity index (χ3n) is 2.32. The Morgan fingerprint density at radius 2 is 1.93 bits per heavy atom. The quantitative estimate of drug-likeness (QED) is 0.584. The summed E-state index contributed by atoms with van der Waals surface area (Å²) in [5.74, 6) is -0.317. The number of hydrogen-bond acceptors (Lipinski definition) is 3. The maximum atomic E-state index is 11.4. The predicted octanol–water partition coefficient (Wildman–Crippen LogP) is -0.388. The molecule has 0 aromatic carbocycles. The second-order valence-electron chi connectivity index (χ2n) is 4.20. The van der Waals surface area contributed by atoms with E-state index < -0.39 is 11.5 Å². The Labute approximate surface area is 90.8 Å². The molecule has 0 spiro atoms. The monoisotopic (exact) mass is 215 g/mol. The zero-order chi connectivity index (χ0) is 12.1. The van der Waals surface area contributed by atoms with Crippen LogP contribution in [0.15, 0.2) is 0 Å². The topological polar surface area (TPSA) is 84.2 Å². The summed E-state index contributed by atoms with van der Waals surface area (Å²) in [6, 6.07) is -0.495. The summed E-state index contributed by atoms with van der Waals surface area (Å²) in [6.45, 7) is 5.67. The largest absolute Gasteiger partial charge is 0.359 e. The van der Waals surface area contributed by atoms with Gasteiger partial charge in [-0.25, -0.2) is 0 Å². The summed E-state index contributed by atoms with van der Waals surface area (Å²) in [5.41, 5.74) is 4.93. The number of carbonyl (C=O) groups is 2. The van der Waals surface area contributed by atoms with Crippen molar-refractivity contribution in [1.82, 2.24) is 10.6 Å². The van der Waals surface area contributed by atoms with Crippen molar-refractivity contribution in [2.45, 2.75) is 33.2 Å². The fourth-order valence-corrected chi connectivity index (χ4v) is 1.04. The SMILES string of the molecule is CCC(N)C(=O)NCC(C)(C)C(=O)NC. The molecule has 0 aromatic rings. The third-order valence-corrected chi connectivity index (χ3v) is 2.32. The summed E-state index contributed by atoms with van der Waals surface area (Å²) in [5, 5.41) is 5.21. The summed E-state index contributed by atoms with van der Waals surface area (Å²) in [6.07, 6.45) is 0.590. The van der Waals surface area contributed by atoms with Gasteiger partial charge in [0, 0.05) is 13.6 Å². The van der Waals surface area contributed by atoms with Crippen molar-refractivity contribution in [2.24, 2.45) is 11.1 Å². The van der Waals surface area contributed by atoms with Gasteiger partial charge >= 0.3 is 0 Å². The minimum absolute atomic E-state index is 0.104. The molecule has 0 radical (unpaired) electrons. The van der Waals surface area contributed by atoms with Crippen LogP contribution in [0.2, 0.25) is 0 Å². The van der Waals surface area contributed by atoms with Gasteiger partial charge in [-0.2, -0.15) is 0 Å². The van der Waals surface area contributed by atoms with E-state index in [-0.39, 0.29) is 11.8 Å². The van der Waals surface area contributed by atoms with Crippen molar-refractivity contribution < 1.29 is 9.59 Å². The lowest BCUT2D eigenvalue weighted by atomic mass is 9.92. The highest BCUT2D eigenvalue weighted by molar-refractivity contribution is 5.84. The zero-order valence-electron chi connectivity index (χ0n) is 9.89. The number of nitrogens with two attached hydrogens (primary N) is 1. The summed E-state index contributed by atoms with van der Waals surface area (Å²) < 4.78 is 0. The molecule has 88 valence electrons. The van der Waals surface area contributed by atoms with Crippen LogP contribution < -0.4 is 16.4 Å². The van der Waals surface area contributed by atoms with Crippen molar-refractivity contribution in [3.8, 4) is 0 Å². The van der Waals surface area contributed by atoms with Crippen LogP contribution in [0, 0.1) is 5.41 Å². The molecule has 5 nitrogen and oxygen atoms in total. The number of hydrogen-bond donors (Lipinski definition) is 3. The minimum atomic E-state index is -0.613. The first-order chi connectivity index (χ1) is 6.85. The normalized spacial score (nSPS) is 13.1. The van der Waals surface area contributed by atoms with E-state index in [1.807, 2.05) is 6.92 Å². The van der Waals surface area contributed by atoms with Crippen molar-refractivity contribution >= 4 is 11.8 Å². The van der Waals surface area contributed by atoms with Gasteiger partial charge in [0.1, 0.15) is 0 Å². The molecule has 0 saturated heterocycles. The Bertz CT molecular complexity index is 239. The van der Waals surface area contributed by atoms with Crippen LogP contribution in [-0.4, -0.2) is 31.4 Å². The van der Waals surface area contributed by atoms with Gasteiger partial charge in [-0.1, -0.05) is 6.92 Å². The molecule has 0 aliphatic heterocycles. The lowest BCUT2D eigenvalue weighted by Gasteiger charge is -2.23. The molecular formula is C10H21N3O2. The number of amides is 2. The lowest BCUT2D eigenvalue weighted by molar-refractivity contribution is -0.129. The molecule has 5 heteroatoms. The van der Waals surface area contributed by atoms with Gasteiger partial charge < -0.3 is 16.4 Å². The smallest absolute Gasteiger partial charge is 0.236 e. The highest BCUT2D eigenvalue weighted by Crippen LogP contribution is 2.13. The summed E-state index contributed by atoms with van der Waals surface area (Å²) in [7, 11) is 1.57. The second kappa shape index (κ2) is 5.70. The number of nitrogens with one attached hydrogen (secondary N) is 2. The molecule has 0 aromatic heterocycles. The average Bonchev–Trinajstić information content (AvgIpc) is 2.23. The van der Waals surface area contributed by atoms with Gasteiger partial charge in [0.25, 0.3) is 0 Å². The Kier molecular flexibility index (Phi) is 5.28. The van der Waals surface area contributed by atoms with Crippen LogP contribution in [0.3, 0.4) is 0 Å². The first kappa shape index (κ1) is 13.9. The third kappa shape index (κ3) is 4.29. The van der Waals surface area contributed by atoms with Crippen molar-refractivity contribution in [3.05, 3.63) is 0 Å². The van der Waals surface area contributed by atoms with Crippen molar-refractivity contribution in [3.63, 3.8) is 0 Å². The Morgan fingerprint density at radius 1 is 1.40 bits per heavy atom. The number of rotatable bonds is 5. The molecule has 15 heavy (non-hydrogen) atoms. The Hall–Kier alpha value is -1.10. The van der Waals surface area contributed by atoms with E-state index >= 15 is 0 Å². The molecule has 0 heterocycles. The number of carbonyl (C=O) groups excluding carboxylic acids is 2. The van der Waals surface area contributed by atoms with Gasteiger partial charge in [0.2, 0.25) is 11.8 Å². The molecule has 0 saturated carbocycles. The first-order valence-corrected chi connectivity index (χ1v) is 5.10. The van der Waals surface area contributed by atoms with Gasteiger partial charge in [-0.15, -0.1) is 0 Å². The van der Waals surface area contributed by atoms with Crippen LogP contribution in [0.4, 0.5) is 0 Å². The van der Waals surface area contributed by atoms with Crippen LogP contribution in [0.1, 0.15) is 27.2 Å². The first-order valence-electron chi connectivity index (χ1n) is 5.10. The lowest BCUT2D eigenvalue weighted by Crippen LogP contribution is -2.48. The van der Waals surface area contributed by atoms with E-state index in [0.717, 1.165) is 0 Å². The molecule has 1 atom stereocenters. The van der Waals surface area contributed by atoms with E-state index in [9.17, 15) is 9.59 Å². The fraction of sp³-hybridized carbons (Fsp3) is 0.800. The van der Waals surface area contributed by atoms with Crippen LogP contribution in [0.5, 0.6) is 0 Å². The predicted molar refractivity (Wildman–Crippen MR) is 59.1 cm³/mol. The summed E-state index contributed by atoms with van der Waals surface area (Å²) >= 11 is 0. The van der Waals surface area contributed by atoms with Crippen molar-refractivity contribution in [1.29, 1.82) is 0 Å². The van der Waals surface area contributed by atoms with E-state index in [0.29, 0.717) is 13.0 Å². The van der Waals surface area contributed by atoms with E-state index in [2.05, 4.69) is 10.6 Å². The summed E-state index contributed by atoms with van der Waals surface area (Å²) in [4.78, 5) is 22.8. The van der Waals surface area contributed by atoms with E-state index in [1.54, 1.807) is 20.9 Å².